The number of likely N-dealkylation sites (tertiary alicyclic amines) is 1. The van der Waals surface area contributed by atoms with E-state index in [1.165, 1.54) is 25.0 Å². The van der Waals surface area contributed by atoms with Crippen LogP contribution in [0, 0.1) is 5.82 Å². The van der Waals surface area contributed by atoms with Crippen LogP contribution < -0.4 is 0 Å². The first-order chi connectivity index (χ1) is 9.11. The number of Topliss-reactive ketones (excluding diaryl/α,β-unsaturated/α-hetero) is 1. The maximum Gasteiger partial charge on any atom is 0.182 e. The number of carbonyl (C=O) groups is 1. The van der Waals surface area contributed by atoms with Gasteiger partial charge in [0.05, 0.1) is 6.20 Å². The van der Waals surface area contributed by atoms with Gasteiger partial charge in [-0.3, -0.25) is 14.7 Å². The highest BCUT2D eigenvalue weighted by Gasteiger charge is 2.29. The zero-order chi connectivity index (χ0) is 13.8. The molecule has 4 heteroatoms. The number of halogens is 1. The van der Waals surface area contributed by atoms with E-state index in [0.717, 1.165) is 19.2 Å². The maximum atomic E-state index is 12.7. The molecule has 2 heterocycles. The van der Waals surface area contributed by atoms with Gasteiger partial charge in [0, 0.05) is 25.0 Å². The molecule has 0 saturated carbocycles. The predicted octanol–water partition coefficient (Wildman–Crippen LogP) is 3.06. The van der Waals surface area contributed by atoms with E-state index < -0.39 is 5.82 Å². The van der Waals surface area contributed by atoms with Crippen molar-refractivity contribution in [1.82, 2.24) is 9.88 Å². The van der Waals surface area contributed by atoms with E-state index in [1.807, 2.05) is 0 Å². The lowest BCUT2D eigenvalue weighted by molar-refractivity contribution is 0.0944. The molecule has 2 atom stereocenters. The van der Waals surface area contributed by atoms with Crippen molar-refractivity contribution in [1.29, 1.82) is 0 Å². The summed E-state index contributed by atoms with van der Waals surface area (Å²) < 4.78 is 12.7. The van der Waals surface area contributed by atoms with Crippen molar-refractivity contribution in [2.24, 2.45) is 0 Å². The smallest absolute Gasteiger partial charge is 0.182 e. The zero-order valence-corrected chi connectivity index (χ0v) is 11.6. The molecule has 0 aliphatic carbocycles. The molecule has 1 fully saturated rings. The Morgan fingerprint density at radius 2 is 2.26 bits per heavy atom. The molecule has 2 rings (SSSR count). The monoisotopic (exact) mass is 264 g/mol. The van der Waals surface area contributed by atoms with Gasteiger partial charge in [-0.2, -0.15) is 0 Å². The average Bonchev–Trinajstić information content (AvgIpc) is 2.77. The van der Waals surface area contributed by atoms with Gasteiger partial charge in [0.2, 0.25) is 0 Å². The fourth-order valence-electron chi connectivity index (χ4n) is 2.87. The van der Waals surface area contributed by atoms with Crippen LogP contribution in [0.15, 0.2) is 18.3 Å². The second kappa shape index (κ2) is 6.24. The lowest BCUT2D eigenvalue weighted by atomic mass is 10.1. The van der Waals surface area contributed by atoms with Gasteiger partial charge in [0.25, 0.3) is 0 Å². The Bertz CT molecular complexity index is 432. The second-order valence-corrected chi connectivity index (χ2v) is 5.26. The zero-order valence-electron chi connectivity index (χ0n) is 11.6. The van der Waals surface area contributed by atoms with Gasteiger partial charge in [-0.05, 0) is 38.3 Å². The summed E-state index contributed by atoms with van der Waals surface area (Å²) in [6.07, 6.45) is 5.12. The van der Waals surface area contributed by atoms with Crippen LogP contribution >= 0.6 is 0 Å². The molecule has 1 aliphatic heterocycles. The van der Waals surface area contributed by atoms with Crippen LogP contribution in [-0.4, -0.2) is 34.3 Å². The number of aromatic nitrogens is 1. The van der Waals surface area contributed by atoms with E-state index in [1.54, 1.807) is 0 Å². The van der Waals surface area contributed by atoms with Gasteiger partial charge < -0.3 is 0 Å². The number of ketones is 1. The van der Waals surface area contributed by atoms with Crippen molar-refractivity contribution >= 4 is 5.78 Å². The Hall–Kier alpha value is -1.29. The molecule has 0 amide bonds. The lowest BCUT2D eigenvalue weighted by Gasteiger charge is -2.27. The Labute approximate surface area is 113 Å². The van der Waals surface area contributed by atoms with Crippen LogP contribution in [0.3, 0.4) is 0 Å². The first kappa shape index (κ1) is 14.1. The predicted molar refractivity (Wildman–Crippen MR) is 72.6 cm³/mol. The largest absolute Gasteiger partial charge is 0.297 e. The van der Waals surface area contributed by atoms with E-state index in [-0.39, 0.29) is 5.78 Å². The fourth-order valence-corrected chi connectivity index (χ4v) is 2.87. The van der Waals surface area contributed by atoms with Crippen molar-refractivity contribution < 1.29 is 9.18 Å². The minimum Gasteiger partial charge on any atom is -0.297 e. The van der Waals surface area contributed by atoms with Crippen LogP contribution in [0.4, 0.5) is 4.39 Å². The number of rotatable bonds is 5. The molecule has 2 unspecified atom stereocenters. The average molecular weight is 264 g/mol. The van der Waals surface area contributed by atoms with Crippen LogP contribution in [0.5, 0.6) is 0 Å². The third-order valence-corrected chi connectivity index (χ3v) is 4.03. The van der Waals surface area contributed by atoms with E-state index in [9.17, 15) is 9.18 Å². The molecule has 0 aromatic carbocycles. The molecule has 0 bridgehead atoms. The van der Waals surface area contributed by atoms with Crippen molar-refractivity contribution in [3.63, 3.8) is 0 Å². The first-order valence-electron chi connectivity index (χ1n) is 7.02. The molecule has 1 aromatic rings. The Balaban J connectivity index is 1.91. The molecule has 1 aromatic heterocycles. The number of hydrogen-bond donors (Lipinski definition) is 0. The second-order valence-electron chi connectivity index (χ2n) is 5.26. The Morgan fingerprint density at radius 1 is 1.47 bits per heavy atom. The van der Waals surface area contributed by atoms with Gasteiger partial charge in [0.15, 0.2) is 5.78 Å². The normalized spacial score (nSPS) is 23.7. The van der Waals surface area contributed by atoms with Gasteiger partial charge >= 0.3 is 0 Å². The SMILES string of the molecule is CCC1CCC(C)N1CCC(=O)c1ccc(F)cn1. The molecular weight excluding hydrogens is 243 g/mol. The molecule has 1 saturated heterocycles. The molecule has 1 aliphatic rings. The van der Waals surface area contributed by atoms with E-state index in [0.29, 0.717) is 24.2 Å². The summed E-state index contributed by atoms with van der Waals surface area (Å²) in [5.41, 5.74) is 0.362. The Morgan fingerprint density at radius 3 is 2.89 bits per heavy atom. The highest BCUT2D eigenvalue weighted by molar-refractivity contribution is 5.94. The summed E-state index contributed by atoms with van der Waals surface area (Å²) in [6, 6.07) is 3.90. The van der Waals surface area contributed by atoms with Crippen molar-refractivity contribution in [2.45, 2.75) is 51.6 Å². The molecular formula is C15H21FN2O. The first-order valence-corrected chi connectivity index (χ1v) is 7.02. The van der Waals surface area contributed by atoms with Gasteiger partial charge in [0.1, 0.15) is 11.5 Å². The minimum atomic E-state index is -0.407. The third kappa shape index (κ3) is 3.38. The standard InChI is InChI=1S/C15H21FN2O/c1-3-13-6-4-11(2)18(13)9-8-15(19)14-7-5-12(16)10-17-14/h5,7,10-11,13H,3-4,6,8-9H2,1-2H3. The molecule has 0 spiro atoms. The summed E-state index contributed by atoms with van der Waals surface area (Å²) in [5.74, 6) is -0.412. The van der Waals surface area contributed by atoms with E-state index in [2.05, 4.69) is 23.7 Å². The van der Waals surface area contributed by atoms with Crippen molar-refractivity contribution in [3.05, 3.63) is 29.8 Å². The van der Waals surface area contributed by atoms with Gasteiger partial charge in [-0.25, -0.2) is 4.39 Å². The van der Waals surface area contributed by atoms with E-state index in [4.69, 9.17) is 0 Å². The quantitative estimate of drug-likeness (QED) is 0.766. The highest BCUT2D eigenvalue weighted by atomic mass is 19.1. The summed E-state index contributed by atoms with van der Waals surface area (Å²) >= 11 is 0. The number of pyridine rings is 1. The van der Waals surface area contributed by atoms with E-state index >= 15 is 0 Å². The molecule has 0 N–H and O–H groups in total. The maximum absolute atomic E-state index is 12.7. The molecule has 3 nitrogen and oxygen atoms in total. The van der Waals surface area contributed by atoms with Crippen LogP contribution in [0.25, 0.3) is 0 Å². The highest BCUT2D eigenvalue weighted by Crippen LogP contribution is 2.26. The summed E-state index contributed by atoms with van der Waals surface area (Å²) in [6.45, 7) is 5.19. The summed E-state index contributed by atoms with van der Waals surface area (Å²) in [5, 5.41) is 0. The van der Waals surface area contributed by atoms with Crippen molar-refractivity contribution in [3.8, 4) is 0 Å². The summed E-state index contributed by atoms with van der Waals surface area (Å²) in [7, 11) is 0. The number of carbonyl (C=O) groups excluding carboxylic acids is 1. The summed E-state index contributed by atoms with van der Waals surface area (Å²) in [4.78, 5) is 18.3. The van der Waals surface area contributed by atoms with Crippen LogP contribution in [0.1, 0.15) is 50.0 Å². The third-order valence-electron chi connectivity index (χ3n) is 4.03. The minimum absolute atomic E-state index is 0.00560. The topological polar surface area (TPSA) is 33.2 Å². The van der Waals surface area contributed by atoms with Crippen LogP contribution in [-0.2, 0) is 0 Å². The number of nitrogens with zero attached hydrogens (tertiary/aromatic N) is 2. The molecule has 104 valence electrons. The fraction of sp³-hybridized carbons (Fsp3) is 0.600. The molecule has 0 radical (unpaired) electrons. The van der Waals surface area contributed by atoms with Crippen molar-refractivity contribution in [2.75, 3.05) is 6.54 Å². The van der Waals surface area contributed by atoms with Gasteiger partial charge in [-0.1, -0.05) is 6.92 Å². The van der Waals surface area contributed by atoms with Crippen LogP contribution in [0.2, 0.25) is 0 Å². The lowest BCUT2D eigenvalue weighted by Crippen LogP contribution is -2.35. The van der Waals surface area contributed by atoms with Gasteiger partial charge in [-0.15, -0.1) is 0 Å². The number of hydrogen-bond acceptors (Lipinski definition) is 3. The Kier molecular flexibility index (Phi) is 4.64. The molecule has 19 heavy (non-hydrogen) atoms.